The summed E-state index contributed by atoms with van der Waals surface area (Å²) in [5.41, 5.74) is 7.39. The Morgan fingerprint density at radius 1 is 1.09 bits per heavy atom. The molecule has 1 aromatic carbocycles. The summed E-state index contributed by atoms with van der Waals surface area (Å²) in [5.74, 6) is -2.07. The first-order valence-electron chi connectivity index (χ1n) is 11.6. The van der Waals surface area contributed by atoms with E-state index >= 15 is 0 Å². The van der Waals surface area contributed by atoms with Gasteiger partial charge in [0.1, 0.15) is 6.61 Å². The van der Waals surface area contributed by atoms with Gasteiger partial charge in [0.05, 0.1) is 29.1 Å². The minimum atomic E-state index is -0.865. The molecule has 3 rings (SSSR count). The number of carbonyl (C=O) groups excluding carboxylic acids is 2. The van der Waals surface area contributed by atoms with Gasteiger partial charge in [-0.25, -0.2) is 9.59 Å². The van der Waals surface area contributed by atoms with E-state index in [1.54, 1.807) is 19.9 Å². The number of allylic oxidation sites excluding steroid dienone is 2. The Hall–Kier alpha value is -3.28. The molecule has 3 N–H and O–H groups in total. The van der Waals surface area contributed by atoms with Gasteiger partial charge in [-0.3, -0.25) is 19.9 Å². The maximum Gasteiger partial charge on any atom is 0.336 e. The fraction of sp³-hybridized carbons (Fsp3) is 0.500. The Labute approximate surface area is 204 Å². The van der Waals surface area contributed by atoms with Crippen molar-refractivity contribution in [1.29, 1.82) is 0 Å². The Morgan fingerprint density at radius 2 is 1.69 bits per heavy atom. The molecule has 0 radical (unpaired) electrons. The first kappa shape index (κ1) is 26.3. The number of nitrogens with zero attached hydrogens (tertiary/aromatic N) is 3. The Bertz CT molecular complexity index is 1030. The van der Waals surface area contributed by atoms with Crippen LogP contribution in [-0.2, 0) is 19.1 Å². The predicted octanol–water partition coefficient (Wildman–Crippen LogP) is 1.12. The summed E-state index contributed by atoms with van der Waals surface area (Å²) in [6, 6.07) is 5.91. The number of hydrogen-bond donors (Lipinski definition) is 2. The third-order valence-electron chi connectivity index (χ3n) is 6.35. The molecule has 0 bridgehead atoms. The summed E-state index contributed by atoms with van der Waals surface area (Å²) in [4.78, 5) is 41.4. The lowest BCUT2D eigenvalue weighted by Gasteiger charge is -2.34. The first-order valence-corrected chi connectivity index (χ1v) is 11.6. The average Bonchev–Trinajstić information content (AvgIpc) is 2.84. The van der Waals surface area contributed by atoms with Gasteiger partial charge in [0.15, 0.2) is 0 Å². The van der Waals surface area contributed by atoms with Crippen molar-refractivity contribution in [2.45, 2.75) is 19.8 Å². The third kappa shape index (κ3) is 6.24. The van der Waals surface area contributed by atoms with Gasteiger partial charge < -0.3 is 20.5 Å². The maximum absolute atomic E-state index is 13.3. The Kier molecular flexibility index (Phi) is 8.96. The molecular weight excluding hydrogens is 454 g/mol. The predicted molar refractivity (Wildman–Crippen MR) is 129 cm³/mol. The van der Waals surface area contributed by atoms with Crippen LogP contribution in [0.4, 0.5) is 5.69 Å². The molecule has 11 nitrogen and oxygen atoms in total. The number of nitrogens with one attached hydrogen (secondary N) is 1. The minimum absolute atomic E-state index is 0.137. The van der Waals surface area contributed by atoms with Crippen LogP contribution in [0, 0.1) is 10.1 Å². The van der Waals surface area contributed by atoms with E-state index in [9.17, 15) is 19.7 Å². The molecule has 1 saturated heterocycles. The highest BCUT2D eigenvalue weighted by Crippen LogP contribution is 2.40. The van der Waals surface area contributed by atoms with E-state index in [0.717, 1.165) is 32.7 Å². The van der Waals surface area contributed by atoms with Gasteiger partial charge in [0.25, 0.3) is 5.69 Å². The number of piperazine rings is 1. The van der Waals surface area contributed by atoms with Gasteiger partial charge in [-0.15, -0.1) is 0 Å². The number of benzene rings is 1. The molecule has 2 aliphatic rings. The molecule has 1 fully saturated rings. The van der Waals surface area contributed by atoms with Crippen molar-refractivity contribution in [3.05, 3.63) is 62.5 Å². The van der Waals surface area contributed by atoms with Gasteiger partial charge >= 0.3 is 11.9 Å². The number of nitrogens with two attached hydrogens (primary N) is 1. The Morgan fingerprint density at radius 3 is 2.26 bits per heavy atom. The van der Waals surface area contributed by atoms with E-state index in [4.69, 9.17) is 15.2 Å². The van der Waals surface area contributed by atoms with Crippen molar-refractivity contribution in [1.82, 2.24) is 15.1 Å². The first-order chi connectivity index (χ1) is 16.8. The fourth-order valence-electron chi connectivity index (χ4n) is 4.56. The van der Waals surface area contributed by atoms with Crippen LogP contribution in [0.15, 0.2) is 46.8 Å². The summed E-state index contributed by atoms with van der Waals surface area (Å²) >= 11 is 0. The highest BCUT2D eigenvalue weighted by atomic mass is 16.6. The average molecular weight is 488 g/mol. The zero-order valence-corrected chi connectivity index (χ0v) is 20.4. The van der Waals surface area contributed by atoms with Crippen LogP contribution in [0.3, 0.4) is 0 Å². The van der Waals surface area contributed by atoms with Crippen LogP contribution in [0.5, 0.6) is 0 Å². The molecular formula is C24H33N5O6. The van der Waals surface area contributed by atoms with Crippen LogP contribution >= 0.6 is 0 Å². The number of ether oxygens (including phenoxy) is 2. The number of hydrogen-bond acceptors (Lipinski definition) is 10. The zero-order valence-electron chi connectivity index (χ0n) is 20.4. The van der Waals surface area contributed by atoms with Crippen molar-refractivity contribution in [2.24, 2.45) is 5.73 Å². The van der Waals surface area contributed by atoms with Crippen molar-refractivity contribution in [3.63, 3.8) is 0 Å². The largest absolute Gasteiger partial charge is 0.466 e. The SMILES string of the molecule is COC(=O)C1=C(C)NC(C)=C(C(=O)OCCN2CCN(CCN)CC2)C1c1cccc([N+](=O)[O-])c1. The van der Waals surface area contributed by atoms with E-state index in [0.29, 0.717) is 30.0 Å². The number of carbonyl (C=O) groups is 2. The number of nitro benzene ring substituents is 1. The number of methoxy groups -OCH3 is 1. The van der Waals surface area contributed by atoms with E-state index < -0.39 is 22.8 Å². The molecule has 0 saturated carbocycles. The fourth-order valence-corrected chi connectivity index (χ4v) is 4.56. The second-order valence-electron chi connectivity index (χ2n) is 8.59. The third-order valence-corrected chi connectivity index (χ3v) is 6.35. The van der Waals surface area contributed by atoms with Crippen LogP contribution in [0.1, 0.15) is 25.3 Å². The Balaban J connectivity index is 1.80. The molecule has 1 atom stereocenters. The van der Waals surface area contributed by atoms with Crippen molar-refractivity contribution in [3.8, 4) is 0 Å². The molecule has 11 heteroatoms. The van der Waals surface area contributed by atoms with E-state index in [1.165, 1.54) is 25.3 Å². The van der Waals surface area contributed by atoms with E-state index in [-0.39, 0.29) is 23.4 Å². The summed E-state index contributed by atoms with van der Waals surface area (Å²) < 4.78 is 10.6. The van der Waals surface area contributed by atoms with E-state index in [2.05, 4.69) is 15.1 Å². The van der Waals surface area contributed by atoms with E-state index in [1.807, 2.05) is 0 Å². The summed E-state index contributed by atoms with van der Waals surface area (Å²) in [7, 11) is 1.25. The minimum Gasteiger partial charge on any atom is -0.466 e. The molecule has 1 unspecified atom stereocenters. The summed E-state index contributed by atoms with van der Waals surface area (Å²) in [5, 5.41) is 14.4. The van der Waals surface area contributed by atoms with Crippen LogP contribution < -0.4 is 11.1 Å². The normalized spacial score (nSPS) is 19.4. The number of dihydropyridines is 1. The van der Waals surface area contributed by atoms with Crippen molar-refractivity contribution < 1.29 is 24.0 Å². The quantitative estimate of drug-likeness (QED) is 0.296. The summed E-state index contributed by atoms with van der Waals surface area (Å²) in [6.07, 6.45) is 0. The monoisotopic (exact) mass is 487 g/mol. The highest BCUT2D eigenvalue weighted by molar-refractivity contribution is 5.99. The number of nitro groups is 1. The van der Waals surface area contributed by atoms with Crippen LogP contribution in [-0.4, -0.2) is 86.2 Å². The number of rotatable bonds is 9. The number of non-ortho nitro benzene ring substituents is 1. The molecule has 2 heterocycles. The van der Waals surface area contributed by atoms with Crippen molar-refractivity contribution >= 4 is 17.6 Å². The second-order valence-corrected chi connectivity index (χ2v) is 8.59. The molecule has 0 spiro atoms. The molecule has 35 heavy (non-hydrogen) atoms. The number of esters is 2. The molecule has 0 aromatic heterocycles. The smallest absolute Gasteiger partial charge is 0.336 e. The molecule has 0 aliphatic carbocycles. The van der Waals surface area contributed by atoms with Gasteiger partial charge in [-0.2, -0.15) is 0 Å². The maximum atomic E-state index is 13.3. The standard InChI is InChI=1S/C24H33N5O6/c1-16-20(23(30)34-3)22(18-5-4-6-19(15-18)29(32)33)21(17(2)26-16)24(31)35-14-13-28-11-9-27(8-7-25)10-12-28/h4-6,15,22,26H,7-14,25H2,1-3H3. The van der Waals surface area contributed by atoms with Gasteiger partial charge in [-0.05, 0) is 19.4 Å². The topological polar surface area (TPSA) is 140 Å². The highest BCUT2D eigenvalue weighted by Gasteiger charge is 2.38. The lowest BCUT2D eigenvalue weighted by atomic mass is 9.80. The summed E-state index contributed by atoms with van der Waals surface area (Å²) in [6.45, 7) is 9.26. The van der Waals surface area contributed by atoms with Gasteiger partial charge in [0, 0.05) is 69.3 Å². The van der Waals surface area contributed by atoms with Gasteiger partial charge in [-0.1, -0.05) is 12.1 Å². The van der Waals surface area contributed by atoms with Crippen LogP contribution in [0.2, 0.25) is 0 Å². The second kappa shape index (κ2) is 11.9. The molecule has 2 aliphatic heterocycles. The molecule has 0 amide bonds. The lowest BCUT2D eigenvalue weighted by molar-refractivity contribution is -0.384. The molecule has 1 aromatic rings. The molecule has 190 valence electrons. The van der Waals surface area contributed by atoms with Crippen molar-refractivity contribution in [2.75, 3.05) is 59.5 Å². The zero-order chi connectivity index (χ0) is 25.5. The lowest BCUT2D eigenvalue weighted by Crippen LogP contribution is -2.48. The van der Waals surface area contributed by atoms with Gasteiger partial charge in [0.2, 0.25) is 0 Å². The van der Waals surface area contributed by atoms with Crippen LogP contribution in [0.25, 0.3) is 0 Å².